The SMILES string of the molecule is C[C@@H]1CCN(c2ncc(Br)cc2S(=O)(=O)NC(CCO)c2cc(Cl)cc(Cl)c2)C1. The molecule has 1 aliphatic rings. The van der Waals surface area contributed by atoms with Crippen molar-refractivity contribution in [1.82, 2.24) is 9.71 Å². The largest absolute Gasteiger partial charge is 0.396 e. The van der Waals surface area contributed by atoms with Crippen LogP contribution in [0.1, 0.15) is 31.4 Å². The second kappa shape index (κ2) is 9.49. The number of rotatable bonds is 7. The van der Waals surface area contributed by atoms with E-state index in [-0.39, 0.29) is 17.9 Å². The van der Waals surface area contributed by atoms with Gasteiger partial charge < -0.3 is 10.0 Å². The topological polar surface area (TPSA) is 82.5 Å². The normalized spacial score (nSPS) is 18.2. The van der Waals surface area contributed by atoms with Crippen LogP contribution in [0.5, 0.6) is 0 Å². The summed E-state index contributed by atoms with van der Waals surface area (Å²) >= 11 is 15.5. The van der Waals surface area contributed by atoms with Crippen LogP contribution in [0, 0.1) is 5.92 Å². The van der Waals surface area contributed by atoms with Crippen LogP contribution < -0.4 is 9.62 Å². The Morgan fingerprint density at radius 1 is 1.31 bits per heavy atom. The Kier molecular flexibility index (Phi) is 7.46. The minimum Gasteiger partial charge on any atom is -0.396 e. The molecule has 6 nitrogen and oxygen atoms in total. The van der Waals surface area contributed by atoms with Crippen molar-refractivity contribution < 1.29 is 13.5 Å². The Labute approximate surface area is 189 Å². The lowest BCUT2D eigenvalue weighted by molar-refractivity contribution is 0.272. The van der Waals surface area contributed by atoms with E-state index in [1.54, 1.807) is 30.5 Å². The first-order chi connectivity index (χ1) is 13.7. The van der Waals surface area contributed by atoms with Crippen molar-refractivity contribution in [3.63, 3.8) is 0 Å². The highest BCUT2D eigenvalue weighted by molar-refractivity contribution is 9.10. The van der Waals surface area contributed by atoms with Crippen molar-refractivity contribution >= 4 is 55.0 Å². The average molecular weight is 523 g/mol. The lowest BCUT2D eigenvalue weighted by Gasteiger charge is -2.23. The number of anilines is 1. The number of aliphatic hydroxyl groups is 1. The van der Waals surface area contributed by atoms with Crippen molar-refractivity contribution in [3.8, 4) is 0 Å². The van der Waals surface area contributed by atoms with E-state index in [1.165, 1.54) is 0 Å². The summed E-state index contributed by atoms with van der Waals surface area (Å²) < 4.78 is 29.9. The fourth-order valence-electron chi connectivity index (χ4n) is 3.43. The maximum atomic E-state index is 13.3. The molecule has 10 heteroatoms. The van der Waals surface area contributed by atoms with Crippen molar-refractivity contribution in [3.05, 3.63) is 50.5 Å². The van der Waals surface area contributed by atoms with Crippen LogP contribution in [0.15, 0.2) is 39.8 Å². The molecule has 1 aromatic carbocycles. The number of aromatic nitrogens is 1. The Balaban J connectivity index is 1.98. The van der Waals surface area contributed by atoms with Crippen molar-refractivity contribution in [2.24, 2.45) is 5.92 Å². The van der Waals surface area contributed by atoms with Gasteiger partial charge in [-0.1, -0.05) is 30.1 Å². The highest BCUT2D eigenvalue weighted by Crippen LogP contribution is 2.32. The second-order valence-electron chi connectivity index (χ2n) is 7.20. The number of nitrogens with zero attached hydrogens (tertiary/aromatic N) is 2. The smallest absolute Gasteiger partial charge is 0.244 e. The summed E-state index contributed by atoms with van der Waals surface area (Å²) in [6, 6.07) is 5.71. The number of pyridine rings is 1. The molecular weight excluding hydrogens is 501 g/mol. The summed E-state index contributed by atoms with van der Waals surface area (Å²) in [6.07, 6.45) is 2.76. The fourth-order valence-corrected chi connectivity index (χ4v) is 5.91. The molecule has 1 fully saturated rings. The number of hydrogen-bond acceptors (Lipinski definition) is 5. The zero-order valence-corrected chi connectivity index (χ0v) is 19.7. The number of hydrogen-bond donors (Lipinski definition) is 2. The second-order valence-corrected chi connectivity index (χ2v) is 10.7. The van der Waals surface area contributed by atoms with Gasteiger partial charge in [0, 0.05) is 46.5 Å². The Morgan fingerprint density at radius 3 is 2.59 bits per heavy atom. The quantitative estimate of drug-likeness (QED) is 0.563. The summed E-state index contributed by atoms with van der Waals surface area (Å²) in [7, 11) is -3.95. The molecule has 158 valence electrons. The number of nitrogens with one attached hydrogen (secondary N) is 1. The molecule has 1 aromatic heterocycles. The van der Waals surface area contributed by atoms with Crippen LogP contribution in [0.2, 0.25) is 10.0 Å². The van der Waals surface area contributed by atoms with Gasteiger partial charge in [0.05, 0.1) is 0 Å². The molecule has 2 atom stereocenters. The number of aliphatic hydroxyl groups excluding tert-OH is 1. The zero-order chi connectivity index (χ0) is 21.2. The van der Waals surface area contributed by atoms with Crippen LogP contribution in [0.4, 0.5) is 5.82 Å². The predicted molar refractivity (Wildman–Crippen MR) is 119 cm³/mol. The highest BCUT2D eigenvalue weighted by atomic mass is 79.9. The van der Waals surface area contributed by atoms with Gasteiger partial charge in [-0.05, 0) is 64.5 Å². The van der Waals surface area contributed by atoms with E-state index in [0.717, 1.165) is 19.5 Å². The molecule has 0 bridgehead atoms. The van der Waals surface area contributed by atoms with Gasteiger partial charge in [0.1, 0.15) is 10.7 Å². The third-order valence-corrected chi connectivity index (χ3v) is 7.16. The van der Waals surface area contributed by atoms with E-state index < -0.39 is 16.1 Å². The molecule has 0 aliphatic carbocycles. The van der Waals surface area contributed by atoms with E-state index in [1.807, 2.05) is 4.90 Å². The standard InChI is InChI=1S/C19H22BrCl2N3O3S/c1-12-2-4-25(11-12)19-18(8-14(20)10-23-19)29(27,28)24-17(3-5-26)13-6-15(21)9-16(22)7-13/h6-10,12,17,24,26H,2-5,11H2,1H3/t12-,17?/m1/s1. The van der Waals surface area contributed by atoms with Gasteiger partial charge in [-0.3, -0.25) is 0 Å². The fraction of sp³-hybridized carbons (Fsp3) is 0.421. The lowest BCUT2D eigenvalue weighted by Crippen LogP contribution is -2.32. The molecular formula is C19H22BrCl2N3O3S. The molecule has 1 aliphatic heterocycles. The summed E-state index contributed by atoms with van der Waals surface area (Å²) in [5.74, 6) is 0.900. The maximum Gasteiger partial charge on any atom is 0.244 e. The number of halogens is 3. The molecule has 2 aromatic rings. The van der Waals surface area contributed by atoms with Crippen molar-refractivity contribution in [2.75, 3.05) is 24.6 Å². The minimum absolute atomic E-state index is 0.0945. The summed E-state index contributed by atoms with van der Waals surface area (Å²) in [4.78, 5) is 6.47. The molecule has 3 rings (SSSR count). The third kappa shape index (κ3) is 5.62. The summed E-state index contributed by atoms with van der Waals surface area (Å²) in [5.41, 5.74) is 0.583. The minimum atomic E-state index is -3.95. The van der Waals surface area contributed by atoms with E-state index in [2.05, 4.69) is 32.6 Å². The highest BCUT2D eigenvalue weighted by Gasteiger charge is 2.30. The van der Waals surface area contributed by atoms with Crippen LogP contribution in [-0.4, -0.2) is 38.2 Å². The molecule has 29 heavy (non-hydrogen) atoms. The Hall–Kier alpha value is -0.900. The molecule has 0 amide bonds. The zero-order valence-electron chi connectivity index (χ0n) is 15.8. The van der Waals surface area contributed by atoms with Crippen LogP contribution >= 0.6 is 39.1 Å². The monoisotopic (exact) mass is 521 g/mol. The van der Waals surface area contributed by atoms with Crippen molar-refractivity contribution in [1.29, 1.82) is 0 Å². The van der Waals surface area contributed by atoms with Gasteiger partial charge in [0.2, 0.25) is 10.0 Å². The van der Waals surface area contributed by atoms with E-state index in [9.17, 15) is 13.5 Å². The molecule has 2 heterocycles. The number of benzene rings is 1. The molecule has 1 unspecified atom stereocenters. The maximum absolute atomic E-state index is 13.3. The Morgan fingerprint density at radius 2 is 2.00 bits per heavy atom. The first-order valence-corrected chi connectivity index (χ1v) is 12.2. The number of sulfonamides is 1. The Bertz CT molecular complexity index is 970. The van der Waals surface area contributed by atoms with E-state index in [0.29, 0.717) is 31.8 Å². The predicted octanol–water partition coefficient (Wildman–Crippen LogP) is 4.40. The third-order valence-electron chi connectivity index (χ3n) is 4.81. The molecule has 0 spiro atoms. The van der Waals surface area contributed by atoms with Gasteiger partial charge >= 0.3 is 0 Å². The van der Waals surface area contributed by atoms with Gasteiger partial charge in [-0.15, -0.1) is 0 Å². The molecule has 0 radical (unpaired) electrons. The van der Waals surface area contributed by atoms with Gasteiger partial charge in [-0.2, -0.15) is 0 Å². The van der Waals surface area contributed by atoms with Gasteiger partial charge in [0.25, 0.3) is 0 Å². The molecule has 0 saturated carbocycles. The van der Waals surface area contributed by atoms with Crippen LogP contribution in [0.25, 0.3) is 0 Å². The van der Waals surface area contributed by atoms with E-state index >= 15 is 0 Å². The molecule has 1 saturated heterocycles. The van der Waals surface area contributed by atoms with Crippen LogP contribution in [0.3, 0.4) is 0 Å². The summed E-state index contributed by atoms with van der Waals surface area (Å²) in [6.45, 7) is 3.43. The van der Waals surface area contributed by atoms with Gasteiger partial charge in [-0.25, -0.2) is 18.1 Å². The van der Waals surface area contributed by atoms with Crippen LogP contribution in [-0.2, 0) is 10.0 Å². The first kappa shape index (κ1) is 22.8. The van der Waals surface area contributed by atoms with E-state index in [4.69, 9.17) is 23.2 Å². The first-order valence-electron chi connectivity index (χ1n) is 9.19. The lowest BCUT2D eigenvalue weighted by atomic mass is 10.1. The van der Waals surface area contributed by atoms with Gasteiger partial charge in [0.15, 0.2) is 0 Å². The van der Waals surface area contributed by atoms with Crippen molar-refractivity contribution in [2.45, 2.75) is 30.7 Å². The molecule has 2 N–H and O–H groups in total. The summed E-state index contributed by atoms with van der Waals surface area (Å²) in [5, 5.41) is 10.3. The average Bonchev–Trinajstić information content (AvgIpc) is 3.06.